The number of nitrogens with one attached hydrogen (secondary N) is 1. The van der Waals surface area contributed by atoms with E-state index in [4.69, 9.17) is 34.8 Å². The van der Waals surface area contributed by atoms with Crippen LogP contribution >= 0.6 is 34.8 Å². The van der Waals surface area contributed by atoms with Crippen LogP contribution in [-0.4, -0.2) is 44.4 Å². The van der Waals surface area contributed by atoms with Gasteiger partial charge < -0.3 is 15.1 Å². The molecule has 29 heavy (non-hydrogen) atoms. The van der Waals surface area contributed by atoms with E-state index in [-0.39, 0.29) is 24.8 Å². The van der Waals surface area contributed by atoms with Gasteiger partial charge in [-0.1, -0.05) is 40.9 Å². The number of H-pyrrole nitrogens is 1. The molecule has 0 saturated carbocycles. The van der Waals surface area contributed by atoms with E-state index in [1.54, 1.807) is 37.3 Å². The lowest BCUT2D eigenvalue weighted by Gasteiger charge is -2.26. The predicted octanol–water partition coefficient (Wildman–Crippen LogP) is 4.59. The number of halogens is 3. The van der Waals surface area contributed by atoms with Crippen molar-refractivity contribution in [3.05, 3.63) is 67.8 Å². The average molecular weight is 453 g/mol. The highest BCUT2D eigenvalue weighted by Gasteiger charge is 2.42. The molecule has 1 aliphatic rings. The SMILES string of the molecule is Cc1cc(O)c(-c2n[nH]c3c2[C@@H](c2ccc(Cl)c(Cl)c2)N(CCO)C3=O)cc1Cl. The summed E-state index contributed by atoms with van der Waals surface area (Å²) in [5, 5.41) is 28.3. The number of aromatic hydroxyl groups is 1. The number of aliphatic hydroxyl groups is 1. The van der Waals surface area contributed by atoms with Gasteiger partial charge in [-0.2, -0.15) is 5.10 Å². The first kappa shape index (κ1) is 20.0. The number of hydrogen-bond donors (Lipinski definition) is 3. The van der Waals surface area contributed by atoms with Crippen molar-refractivity contribution >= 4 is 40.7 Å². The van der Waals surface area contributed by atoms with Crippen molar-refractivity contribution in [1.29, 1.82) is 0 Å². The van der Waals surface area contributed by atoms with Gasteiger partial charge in [0.15, 0.2) is 0 Å². The van der Waals surface area contributed by atoms with Crippen LogP contribution in [0.2, 0.25) is 15.1 Å². The number of aryl methyl sites for hydroxylation is 1. The van der Waals surface area contributed by atoms with Crippen LogP contribution in [0.3, 0.4) is 0 Å². The van der Waals surface area contributed by atoms with Gasteiger partial charge >= 0.3 is 0 Å². The Hall–Kier alpha value is -2.25. The molecule has 4 rings (SSSR count). The summed E-state index contributed by atoms with van der Waals surface area (Å²) in [4.78, 5) is 14.5. The summed E-state index contributed by atoms with van der Waals surface area (Å²) in [6.45, 7) is 1.69. The highest BCUT2D eigenvalue weighted by Crippen LogP contribution is 2.45. The lowest BCUT2D eigenvalue weighted by molar-refractivity contribution is 0.0706. The van der Waals surface area contributed by atoms with Crippen LogP contribution in [0.4, 0.5) is 0 Å². The fraction of sp³-hybridized carbons (Fsp3) is 0.200. The molecule has 1 aliphatic heterocycles. The van der Waals surface area contributed by atoms with Gasteiger partial charge in [0.2, 0.25) is 0 Å². The first-order chi connectivity index (χ1) is 13.8. The molecule has 0 aliphatic carbocycles. The van der Waals surface area contributed by atoms with Crippen LogP contribution < -0.4 is 0 Å². The highest BCUT2D eigenvalue weighted by atomic mass is 35.5. The lowest BCUT2D eigenvalue weighted by Crippen LogP contribution is -2.32. The van der Waals surface area contributed by atoms with E-state index in [0.29, 0.717) is 43.1 Å². The summed E-state index contributed by atoms with van der Waals surface area (Å²) in [5.41, 5.74) is 3.11. The molecule has 0 unspecified atom stereocenters. The number of carbonyl (C=O) groups excluding carboxylic acids is 1. The molecule has 0 fully saturated rings. The van der Waals surface area contributed by atoms with E-state index in [0.717, 1.165) is 5.56 Å². The number of benzene rings is 2. The number of phenolic OH excluding ortho intramolecular Hbond substituents is 1. The normalized spacial score (nSPS) is 15.8. The third kappa shape index (κ3) is 3.26. The lowest BCUT2D eigenvalue weighted by atomic mass is 9.95. The van der Waals surface area contributed by atoms with Gasteiger partial charge in [-0.3, -0.25) is 9.89 Å². The zero-order valence-electron chi connectivity index (χ0n) is 15.2. The number of hydrogen-bond acceptors (Lipinski definition) is 4. The Labute approximate surface area is 181 Å². The molecular weight excluding hydrogens is 437 g/mol. The largest absolute Gasteiger partial charge is 0.507 e. The Morgan fingerprint density at radius 2 is 1.90 bits per heavy atom. The number of amides is 1. The predicted molar refractivity (Wildman–Crippen MR) is 112 cm³/mol. The maximum Gasteiger partial charge on any atom is 0.273 e. The second kappa shape index (κ2) is 7.54. The molecule has 0 saturated heterocycles. The van der Waals surface area contributed by atoms with Crippen LogP contribution in [-0.2, 0) is 0 Å². The van der Waals surface area contributed by atoms with Crippen molar-refractivity contribution in [3.8, 4) is 17.0 Å². The van der Waals surface area contributed by atoms with E-state index in [9.17, 15) is 15.0 Å². The Morgan fingerprint density at radius 1 is 1.14 bits per heavy atom. The second-order valence-corrected chi connectivity index (χ2v) is 8.00. The quantitative estimate of drug-likeness (QED) is 0.540. The maximum atomic E-state index is 13.0. The summed E-state index contributed by atoms with van der Waals surface area (Å²) >= 11 is 18.5. The van der Waals surface area contributed by atoms with Gasteiger partial charge in [-0.15, -0.1) is 0 Å². The van der Waals surface area contributed by atoms with Gasteiger partial charge in [0.1, 0.15) is 17.1 Å². The molecule has 3 N–H and O–H groups in total. The molecule has 3 aromatic rings. The Bertz CT molecular complexity index is 1130. The Morgan fingerprint density at radius 3 is 2.59 bits per heavy atom. The highest BCUT2D eigenvalue weighted by molar-refractivity contribution is 6.42. The van der Waals surface area contributed by atoms with Gasteiger partial charge in [-0.25, -0.2) is 0 Å². The smallest absolute Gasteiger partial charge is 0.273 e. The zero-order chi connectivity index (χ0) is 20.9. The van der Waals surface area contributed by atoms with Crippen molar-refractivity contribution in [3.63, 3.8) is 0 Å². The van der Waals surface area contributed by atoms with Gasteiger partial charge in [0.25, 0.3) is 5.91 Å². The number of β-amino-alcohol motifs (C(OH)–C–C–N with tert-alkyl or cyclic N) is 1. The summed E-state index contributed by atoms with van der Waals surface area (Å²) in [6.07, 6.45) is 0. The molecule has 0 radical (unpaired) electrons. The van der Waals surface area contributed by atoms with Crippen molar-refractivity contribution < 1.29 is 15.0 Å². The van der Waals surface area contributed by atoms with E-state index < -0.39 is 6.04 Å². The summed E-state index contributed by atoms with van der Waals surface area (Å²) < 4.78 is 0. The molecule has 2 aromatic carbocycles. The van der Waals surface area contributed by atoms with Crippen LogP contribution in [0.5, 0.6) is 5.75 Å². The number of aromatic amines is 1. The number of aromatic nitrogens is 2. The topological polar surface area (TPSA) is 89.5 Å². The minimum absolute atomic E-state index is 0.00199. The first-order valence-corrected chi connectivity index (χ1v) is 9.91. The minimum Gasteiger partial charge on any atom is -0.507 e. The third-order valence-electron chi connectivity index (χ3n) is 5.00. The molecule has 1 amide bonds. The number of aliphatic hydroxyl groups excluding tert-OH is 1. The number of phenols is 1. The summed E-state index contributed by atoms with van der Waals surface area (Å²) in [6, 6.07) is 7.71. The van der Waals surface area contributed by atoms with E-state index in [1.807, 2.05) is 0 Å². The monoisotopic (exact) mass is 451 g/mol. The van der Waals surface area contributed by atoms with Gasteiger partial charge in [-0.05, 0) is 42.3 Å². The molecule has 150 valence electrons. The number of rotatable bonds is 4. The summed E-state index contributed by atoms with van der Waals surface area (Å²) in [7, 11) is 0. The van der Waals surface area contributed by atoms with E-state index >= 15 is 0 Å². The van der Waals surface area contributed by atoms with Crippen LogP contribution in [0.25, 0.3) is 11.3 Å². The van der Waals surface area contributed by atoms with Crippen LogP contribution in [0.1, 0.15) is 33.2 Å². The van der Waals surface area contributed by atoms with Crippen molar-refractivity contribution in [1.82, 2.24) is 15.1 Å². The maximum absolute atomic E-state index is 13.0. The van der Waals surface area contributed by atoms with Crippen LogP contribution in [0.15, 0.2) is 30.3 Å². The molecule has 1 aromatic heterocycles. The zero-order valence-corrected chi connectivity index (χ0v) is 17.5. The molecule has 0 spiro atoms. The molecule has 2 heterocycles. The number of fused-ring (bicyclic) bond motifs is 1. The first-order valence-electron chi connectivity index (χ1n) is 8.78. The fourth-order valence-electron chi connectivity index (χ4n) is 3.63. The van der Waals surface area contributed by atoms with E-state index in [1.165, 1.54) is 4.90 Å². The molecule has 1 atom stereocenters. The number of carbonyl (C=O) groups is 1. The molecular formula is C20H16Cl3N3O3. The summed E-state index contributed by atoms with van der Waals surface area (Å²) in [5.74, 6) is -0.302. The minimum atomic E-state index is -0.562. The Balaban J connectivity index is 1.94. The third-order valence-corrected chi connectivity index (χ3v) is 6.14. The number of nitrogens with zero attached hydrogens (tertiary/aromatic N) is 2. The van der Waals surface area contributed by atoms with Crippen molar-refractivity contribution in [2.75, 3.05) is 13.2 Å². The Kier molecular flexibility index (Phi) is 5.21. The average Bonchev–Trinajstić information content (AvgIpc) is 3.21. The molecule has 0 bridgehead atoms. The molecule has 9 heteroatoms. The van der Waals surface area contributed by atoms with Gasteiger partial charge in [0, 0.05) is 22.7 Å². The fourth-order valence-corrected chi connectivity index (χ4v) is 4.10. The van der Waals surface area contributed by atoms with Crippen LogP contribution in [0, 0.1) is 6.92 Å². The van der Waals surface area contributed by atoms with Crippen molar-refractivity contribution in [2.45, 2.75) is 13.0 Å². The van der Waals surface area contributed by atoms with Crippen molar-refractivity contribution in [2.24, 2.45) is 0 Å². The standard InChI is InChI=1S/C20H16Cl3N3O3/c1-9-6-15(28)11(8-13(9)22)17-16-18(25-24-17)20(29)26(4-5-27)19(16)10-2-3-12(21)14(23)7-10/h2-3,6-8,19,27-28H,4-5H2,1H3,(H,24,25)/t19-/m1/s1. The second-order valence-electron chi connectivity index (χ2n) is 6.78. The van der Waals surface area contributed by atoms with E-state index in [2.05, 4.69) is 10.2 Å². The molecule has 6 nitrogen and oxygen atoms in total. The van der Waals surface area contributed by atoms with Gasteiger partial charge in [0.05, 0.1) is 22.7 Å².